The van der Waals surface area contributed by atoms with Gasteiger partial charge in [-0.25, -0.2) is 4.98 Å². The van der Waals surface area contributed by atoms with E-state index in [2.05, 4.69) is 30.9 Å². The van der Waals surface area contributed by atoms with E-state index in [0.29, 0.717) is 11.4 Å². The van der Waals surface area contributed by atoms with Crippen molar-refractivity contribution in [3.63, 3.8) is 0 Å². The zero-order chi connectivity index (χ0) is 13.1. The van der Waals surface area contributed by atoms with E-state index in [1.165, 1.54) is 12.1 Å². The van der Waals surface area contributed by atoms with E-state index >= 15 is 0 Å². The molecule has 18 heavy (non-hydrogen) atoms. The number of amides is 1. The van der Waals surface area contributed by atoms with Crippen molar-refractivity contribution in [1.29, 1.82) is 0 Å². The van der Waals surface area contributed by atoms with E-state index < -0.39 is 0 Å². The van der Waals surface area contributed by atoms with E-state index in [-0.39, 0.29) is 22.9 Å². The molecule has 4 N–H and O–H groups in total. The lowest BCUT2D eigenvalue weighted by molar-refractivity contribution is 0.0938. The van der Waals surface area contributed by atoms with Crippen LogP contribution in [0.3, 0.4) is 0 Å². The van der Waals surface area contributed by atoms with Crippen molar-refractivity contribution < 1.29 is 4.79 Å². The van der Waals surface area contributed by atoms with E-state index in [4.69, 9.17) is 17.3 Å². The highest BCUT2D eigenvalue weighted by Crippen LogP contribution is 2.13. The van der Waals surface area contributed by atoms with Gasteiger partial charge in [0.25, 0.3) is 5.91 Å². The molecule has 1 atom stereocenters. The van der Waals surface area contributed by atoms with Crippen LogP contribution in [-0.4, -0.2) is 31.5 Å². The number of pyridine rings is 1. The third-order valence-electron chi connectivity index (χ3n) is 2.17. The number of nitrogens with one attached hydrogen (secondary N) is 2. The maximum Gasteiger partial charge on any atom is 0.252 e. The molecule has 0 radical (unpaired) electrons. The SMILES string of the molecule is CC(NC(=O)c1cc(N)nc(Cl)c1)c1nn[nH]n1. The Morgan fingerprint density at radius 2 is 2.33 bits per heavy atom. The number of anilines is 1. The Morgan fingerprint density at radius 3 is 2.94 bits per heavy atom. The lowest BCUT2D eigenvalue weighted by Gasteiger charge is -2.10. The van der Waals surface area contributed by atoms with Gasteiger partial charge in [-0.3, -0.25) is 4.79 Å². The van der Waals surface area contributed by atoms with Crippen molar-refractivity contribution in [2.45, 2.75) is 13.0 Å². The van der Waals surface area contributed by atoms with Gasteiger partial charge in [-0.05, 0) is 19.1 Å². The normalized spacial score (nSPS) is 12.1. The minimum Gasteiger partial charge on any atom is -0.384 e. The molecule has 2 aromatic rings. The summed E-state index contributed by atoms with van der Waals surface area (Å²) in [4.78, 5) is 15.7. The van der Waals surface area contributed by atoms with Crippen LogP contribution in [0.1, 0.15) is 29.1 Å². The predicted octanol–water partition coefficient (Wildman–Crippen LogP) is 0.321. The van der Waals surface area contributed by atoms with Crippen LogP contribution in [0.15, 0.2) is 12.1 Å². The molecule has 1 amide bonds. The first-order valence-electron chi connectivity index (χ1n) is 5.03. The van der Waals surface area contributed by atoms with Crippen LogP contribution in [0.4, 0.5) is 5.82 Å². The number of nitrogen functional groups attached to an aromatic ring is 1. The third-order valence-corrected chi connectivity index (χ3v) is 2.37. The largest absolute Gasteiger partial charge is 0.384 e. The summed E-state index contributed by atoms with van der Waals surface area (Å²) in [5.74, 6) is 0.222. The number of halogens is 1. The van der Waals surface area contributed by atoms with E-state index in [1.54, 1.807) is 6.92 Å². The zero-order valence-electron chi connectivity index (χ0n) is 9.38. The highest BCUT2D eigenvalue weighted by atomic mass is 35.5. The molecular formula is C9H10ClN7O. The van der Waals surface area contributed by atoms with Gasteiger partial charge in [0.2, 0.25) is 0 Å². The van der Waals surface area contributed by atoms with E-state index in [0.717, 1.165) is 0 Å². The molecule has 1 unspecified atom stereocenters. The number of carbonyl (C=O) groups excluding carboxylic acids is 1. The highest BCUT2D eigenvalue weighted by molar-refractivity contribution is 6.29. The molecule has 0 aliphatic carbocycles. The van der Waals surface area contributed by atoms with Crippen molar-refractivity contribution in [1.82, 2.24) is 30.9 Å². The number of nitrogens with zero attached hydrogens (tertiary/aromatic N) is 4. The van der Waals surface area contributed by atoms with Gasteiger partial charge in [0.15, 0.2) is 5.82 Å². The van der Waals surface area contributed by atoms with Gasteiger partial charge in [0.05, 0.1) is 6.04 Å². The lowest BCUT2D eigenvalue weighted by atomic mass is 10.2. The summed E-state index contributed by atoms with van der Waals surface area (Å²) in [6, 6.07) is 2.48. The van der Waals surface area contributed by atoms with Crippen LogP contribution < -0.4 is 11.1 Å². The van der Waals surface area contributed by atoms with Crippen molar-refractivity contribution in [2.24, 2.45) is 0 Å². The molecular weight excluding hydrogens is 258 g/mol. The van der Waals surface area contributed by atoms with Crippen molar-refractivity contribution in [2.75, 3.05) is 5.73 Å². The van der Waals surface area contributed by atoms with Gasteiger partial charge in [0.1, 0.15) is 11.0 Å². The molecule has 0 saturated heterocycles. The summed E-state index contributed by atoms with van der Waals surface area (Å²) in [5, 5.41) is 16.1. The molecule has 8 nitrogen and oxygen atoms in total. The molecule has 9 heteroatoms. The van der Waals surface area contributed by atoms with Crippen LogP contribution in [0.5, 0.6) is 0 Å². The molecule has 0 spiro atoms. The smallest absolute Gasteiger partial charge is 0.252 e. The van der Waals surface area contributed by atoms with Gasteiger partial charge in [0, 0.05) is 5.56 Å². The number of tetrazole rings is 1. The predicted molar refractivity (Wildman–Crippen MR) is 63.7 cm³/mol. The Morgan fingerprint density at radius 1 is 1.56 bits per heavy atom. The van der Waals surface area contributed by atoms with Crippen molar-refractivity contribution in [3.8, 4) is 0 Å². The Bertz CT molecular complexity index is 536. The number of nitrogens with two attached hydrogens (primary N) is 1. The topological polar surface area (TPSA) is 122 Å². The Labute approximate surface area is 107 Å². The van der Waals surface area contributed by atoms with Crippen LogP contribution >= 0.6 is 11.6 Å². The second-order valence-electron chi connectivity index (χ2n) is 3.57. The maximum absolute atomic E-state index is 11.9. The average Bonchev–Trinajstić information content (AvgIpc) is 2.80. The van der Waals surface area contributed by atoms with E-state index in [1.807, 2.05) is 0 Å². The zero-order valence-corrected chi connectivity index (χ0v) is 10.1. The summed E-state index contributed by atoms with van der Waals surface area (Å²) >= 11 is 5.72. The van der Waals surface area contributed by atoms with Crippen molar-refractivity contribution in [3.05, 3.63) is 28.7 Å². The summed E-state index contributed by atoms with van der Waals surface area (Å²) in [5.41, 5.74) is 5.83. The van der Waals surface area contributed by atoms with Crippen LogP contribution in [0.25, 0.3) is 0 Å². The number of carbonyl (C=O) groups is 1. The van der Waals surface area contributed by atoms with Gasteiger partial charge < -0.3 is 11.1 Å². The van der Waals surface area contributed by atoms with Crippen LogP contribution in [0, 0.1) is 0 Å². The average molecular weight is 268 g/mol. The monoisotopic (exact) mass is 267 g/mol. The molecule has 0 aromatic carbocycles. The minimum absolute atomic E-state index is 0.160. The second-order valence-corrected chi connectivity index (χ2v) is 3.96. The number of aromatic nitrogens is 5. The minimum atomic E-state index is -0.385. The molecule has 94 valence electrons. The number of rotatable bonds is 3. The fraction of sp³-hybridized carbons (Fsp3) is 0.222. The maximum atomic E-state index is 11.9. The molecule has 2 aromatic heterocycles. The number of H-pyrrole nitrogens is 1. The summed E-state index contributed by atoms with van der Waals surface area (Å²) in [6.45, 7) is 1.73. The molecule has 2 heterocycles. The summed E-state index contributed by atoms with van der Waals surface area (Å²) in [7, 11) is 0. The molecule has 0 bridgehead atoms. The first-order valence-corrected chi connectivity index (χ1v) is 5.41. The first-order chi connectivity index (χ1) is 8.56. The summed E-state index contributed by atoms with van der Waals surface area (Å²) < 4.78 is 0. The molecule has 2 rings (SSSR count). The first kappa shape index (κ1) is 12.2. The van der Waals surface area contributed by atoms with Crippen LogP contribution in [0.2, 0.25) is 5.15 Å². The third kappa shape index (κ3) is 2.72. The fourth-order valence-corrected chi connectivity index (χ4v) is 1.56. The molecule has 0 saturated carbocycles. The number of hydrogen-bond donors (Lipinski definition) is 3. The van der Waals surface area contributed by atoms with Crippen LogP contribution in [-0.2, 0) is 0 Å². The van der Waals surface area contributed by atoms with Crippen molar-refractivity contribution >= 4 is 23.3 Å². The fourth-order valence-electron chi connectivity index (χ4n) is 1.35. The standard InChI is InChI=1S/C9H10ClN7O/c1-4(8-14-16-17-15-8)12-9(18)5-2-6(10)13-7(11)3-5/h2-4H,1H3,(H2,11,13)(H,12,18)(H,14,15,16,17). The van der Waals surface area contributed by atoms with E-state index in [9.17, 15) is 4.79 Å². The van der Waals surface area contributed by atoms with Gasteiger partial charge in [-0.2, -0.15) is 5.21 Å². The quantitative estimate of drug-likeness (QED) is 0.688. The molecule has 0 aliphatic rings. The second kappa shape index (κ2) is 4.96. The molecule has 0 aliphatic heterocycles. The molecule has 0 fully saturated rings. The Kier molecular flexibility index (Phi) is 3.38. The summed E-state index contributed by atoms with van der Waals surface area (Å²) in [6.07, 6.45) is 0. The number of aromatic amines is 1. The Hall–Kier alpha value is -2.22. The lowest BCUT2D eigenvalue weighted by Crippen LogP contribution is -2.27. The highest BCUT2D eigenvalue weighted by Gasteiger charge is 2.15. The van der Waals surface area contributed by atoms with Gasteiger partial charge >= 0.3 is 0 Å². The van der Waals surface area contributed by atoms with Gasteiger partial charge in [-0.15, -0.1) is 10.2 Å². The van der Waals surface area contributed by atoms with Gasteiger partial charge in [-0.1, -0.05) is 16.8 Å². The number of hydrogen-bond acceptors (Lipinski definition) is 6. The Balaban J connectivity index is 2.12.